The molecule has 0 aliphatic rings. The molecule has 2 N–H and O–H groups in total. The molecular weight excluding hydrogens is 268 g/mol. The number of imidazole rings is 1. The van der Waals surface area contributed by atoms with Crippen molar-refractivity contribution in [1.29, 1.82) is 0 Å². The molecule has 0 aliphatic carbocycles. The van der Waals surface area contributed by atoms with Crippen LogP contribution in [-0.4, -0.2) is 30.0 Å². The number of anilines is 1. The Morgan fingerprint density at radius 2 is 2.19 bits per heavy atom. The van der Waals surface area contributed by atoms with Crippen molar-refractivity contribution >= 4 is 27.1 Å². The van der Waals surface area contributed by atoms with Crippen LogP contribution in [0, 0.1) is 0 Å². The van der Waals surface area contributed by atoms with E-state index in [-0.39, 0.29) is 0 Å². The molecule has 0 radical (unpaired) electrons. The molecule has 86 valence electrons. The summed E-state index contributed by atoms with van der Waals surface area (Å²) in [6.45, 7) is 0.609. The molecule has 16 heavy (non-hydrogen) atoms. The summed E-state index contributed by atoms with van der Waals surface area (Å²) in [5.74, 6) is 0.994. The largest absolute Gasteiger partial charge is 0.376 e. The topological polar surface area (TPSA) is 46.6 Å². The molecule has 2 rings (SSSR count). The van der Waals surface area contributed by atoms with Crippen LogP contribution in [0.15, 0.2) is 22.9 Å². The van der Waals surface area contributed by atoms with Crippen molar-refractivity contribution in [2.75, 3.05) is 25.5 Å². The molecule has 0 saturated carbocycles. The summed E-state index contributed by atoms with van der Waals surface area (Å²) in [5.41, 5.74) is 7.81. The molecule has 0 atom stereocenters. The molecule has 0 bridgehead atoms. The average molecular weight is 283 g/mol. The lowest BCUT2D eigenvalue weighted by molar-refractivity contribution is 0.860. The van der Waals surface area contributed by atoms with E-state index in [0.29, 0.717) is 6.54 Å². The van der Waals surface area contributed by atoms with Gasteiger partial charge in [0.25, 0.3) is 0 Å². The zero-order valence-corrected chi connectivity index (χ0v) is 11.0. The Morgan fingerprint density at radius 3 is 2.81 bits per heavy atom. The van der Waals surface area contributed by atoms with Gasteiger partial charge < -0.3 is 15.0 Å². The monoisotopic (exact) mass is 282 g/mol. The summed E-state index contributed by atoms with van der Waals surface area (Å²) in [4.78, 5) is 6.53. The van der Waals surface area contributed by atoms with Gasteiger partial charge in [-0.3, -0.25) is 0 Å². The third-order valence-corrected chi connectivity index (χ3v) is 3.12. The number of halogens is 1. The minimum Gasteiger partial charge on any atom is -0.376 e. The second-order valence-electron chi connectivity index (χ2n) is 3.89. The first-order valence-electron chi connectivity index (χ1n) is 5.17. The molecule has 5 heteroatoms. The molecule has 4 nitrogen and oxygen atoms in total. The Balaban J connectivity index is 2.60. The fourth-order valence-electron chi connectivity index (χ4n) is 1.67. The summed E-state index contributed by atoms with van der Waals surface area (Å²) < 4.78 is 2.97. The van der Waals surface area contributed by atoms with Crippen LogP contribution in [0.4, 0.5) is 5.69 Å². The van der Waals surface area contributed by atoms with E-state index in [2.05, 4.69) is 48.5 Å². The maximum Gasteiger partial charge on any atom is 0.132 e. The molecule has 2 heterocycles. The third kappa shape index (κ3) is 1.92. The van der Waals surface area contributed by atoms with Crippen molar-refractivity contribution in [3.63, 3.8) is 0 Å². The van der Waals surface area contributed by atoms with Gasteiger partial charge in [-0.15, -0.1) is 0 Å². The SMILES string of the molecule is CN(C)c1ccc2c(Br)nc(CCN)n2c1. The summed E-state index contributed by atoms with van der Waals surface area (Å²) in [6, 6.07) is 4.14. The molecule has 0 fully saturated rings. The van der Waals surface area contributed by atoms with Gasteiger partial charge in [0.15, 0.2) is 0 Å². The number of pyridine rings is 1. The van der Waals surface area contributed by atoms with Crippen LogP contribution in [0.3, 0.4) is 0 Å². The maximum absolute atomic E-state index is 5.58. The number of aromatic nitrogens is 2. The number of hydrogen-bond donors (Lipinski definition) is 1. The van der Waals surface area contributed by atoms with Gasteiger partial charge in [-0.05, 0) is 34.6 Å². The minimum atomic E-state index is 0.609. The van der Waals surface area contributed by atoms with Crippen LogP contribution in [0.25, 0.3) is 5.52 Å². The van der Waals surface area contributed by atoms with Crippen molar-refractivity contribution < 1.29 is 0 Å². The summed E-state index contributed by atoms with van der Waals surface area (Å²) >= 11 is 3.46. The fourth-order valence-corrected chi connectivity index (χ4v) is 2.19. The lowest BCUT2D eigenvalue weighted by Gasteiger charge is -2.13. The zero-order valence-electron chi connectivity index (χ0n) is 9.44. The van der Waals surface area contributed by atoms with E-state index < -0.39 is 0 Å². The highest BCUT2D eigenvalue weighted by atomic mass is 79.9. The first kappa shape index (κ1) is 11.4. The van der Waals surface area contributed by atoms with E-state index in [1.165, 1.54) is 0 Å². The van der Waals surface area contributed by atoms with Gasteiger partial charge in [0.1, 0.15) is 10.4 Å². The van der Waals surface area contributed by atoms with Crippen molar-refractivity contribution in [3.8, 4) is 0 Å². The Bertz CT molecular complexity index is 504. The van der Waals surface area contributed by atoms with Crippen molar-refractivity contribution in [2.24, 2.45) is 5.73 Å². The van der Waals surface area contributed by atoms with Crippen LogP contribution in [-0.2, 0) is 6.42 Å². The highest BCUT2D eigenvalue weighted by Gasteiger charge is 2.09. The van der Waals surface area contributed by atoms with Gasteiger partial charge >= 0.3 is 0 Å². The Labute approximate surface area is 103 Å². The lowest BCUT2D eigenvalue weighted by atomic mass is 10.3. The van der Waals surface area contributed by atoms with Crippen LogP contribution >= 0.6 is 15.9 Å². The first-order valence-corrected chi connectivity index (χ1v) is 5.96. The normalized spacial score (nSPS) is 11.0. The van der Waals surface area contributed by atoms with E-state index in [4.69, 9.17) is 5.73 Å². The molecule has 0 aliphatic heterocycles. The second kappa shape index (κ2) is 4.43. The van der Waals surface area contributed by atoms with Crippen LogP contribution in [0.1, 0.15) is 5.82 Å². The van der Waals surface area contributed by atoms with Crippen molar-refractivity contribution in [1.82, 2.24) is 9.38 Å². The van der Waals surface area contributed by atoms with E-state index in [1.54, 1.807) is 0 Å². The quantitative estimate of drug-likeness (QED) is 0.932. The van der Waals surface area contributed by atoms with Crippen LogP contribution in [0.2, 0.25) is 0 Å². The van der Waals surface area contributed by atoms with Gasteiger partial charge in [-0.2, -0.15) is 0 Å². The van der Waals surface area contributed by atoms with E-state index in [0.717, 1.165) is 28.1 Å². The number of hydrogen-bond acceptors (Lipinski definition) is 3. The minimum absolute atomic E-state index is 0.609. The second-order valence-corrected chi connectivity index (χ2v) is 4.65. The van der Waals surface area contributed by atoms with Crippen molar-refractivity contribution in [3.05, 3.63) is 28.8 Å². The molecule has 0 amide bonds. The van der Waals surface area contributed by atoms with Crippen LogP contribution < -0.4 is 10.6 Å². The Morgan fingerprint density at radius 1 is 1.44 bits per heavy atom. The molecular formula is C11H15BrN4. The third-order valence-electron chi connectivity index (χ3n) is 2.53. The maximum atomic E-state index is 5.58. The van der Waals surface area contributed by atoms with Gasteiger partial charge in [0, 0.05) is 26.7 Å². The number of nitrogens with zero attached hydrogens (tertiary/aromatic N) is 3. The van der Waals surface area contributed by atoms with Crippen molar-refractivity contribution in [2.45, 2.75) is 6.42 Å². The highest BCUT2D eigenvalue weighted by molar-refractivity contribution is 9.10. The van der Waals surface area contributed by atoms with Crippen LogP contribution in [0.5, 0.6) is 0 Å². The van der Waals surface area contributed by atoms with E-state index >= 15 is 0 Å². The summed E-state index contributed by atoms with van der Waals surface area (Å²) in [6.07, 6.45) is 2.86. The standard InChI is InChI=1S/C11H15BrN4/c1-15(2)8-3-4-9-11(12)14-10(5-6-13)16(9)7-8/h3-4,7H,5-6,13H2,1-2H3. The van der Waals surface area contributed by atoms with Gasteiger partial charge in [0.05, 0.1) is 11.2 Å². The van der Waals surface area contributed by atoms with E-state index in [9.17, 15) is 0 Å². The number of rotatable bonds is 3. The molecule has 0 unspecified atom stereocenters. The Hall–Kier alpha value is -1.07. The fraction of sp³-hybridized carbons (Fsp3) is 0.364. The first-order chi connectivity index (χ1) is 7.63. The zero-order chi connectivity index (χ0) is 11.7. The highest BCUT2D eigenvalue weighted by Crippen LogP contribution is 2.22. The van der Waals surface area contributed by atoms with Gasteiger partial charge in [0.2, 0.25) is 0 Å². The van der Waals surface area contributed by atoms with E-state index in [1.807, 2.05) is 14.1 Å². The smallest absolute Gasteiger partial charge is 0.132 e. The summed E-state index contributed by atoms with van der Waals surface area (Å²) in [7, 11) is 4.05. The number of nitrogens with two attached hydrogens (primary N) is 1. The molecule has 2 aromatic rings. The molecule has 2 aromatic heterocycles. The predicted molar refractivity (Wildman–Crippen MR) is 70.0 cm³/mol. The lowest BCUT2D eigenvalue weighted by Crippen LogP contribution is -2.10. The molecule has 0 aromatic carbocycles. The predicted octanol–water partition coefficient (Wildman–Crippen LogP) is 1.66. The number of fused-ring (bicyclic) bond motifs is 1. The molecule has 0 spiro atoms. The van der Waals surface area contributed by atoms with Gasteiger partial charge in [-0.25, -0.2) is 4.98 Å². The summed E-state index contributed by atoms with van der Waals surface area (Å²) in [5, 5.41) is 0. The Kier molecular flexibility index (Phi) is 3.16. The molecule has 0 saturated heterocycles. The van der Waals surface area contributed by atoms with Gasteiger partial charge in [-0.1, -0.05) is 0 Å². The average Bonchev–Trinajstić information content (AvgIpc) is 2.56.